The molecule has 0 aliphatic heterocycles. The Morgan fingerprint density at radius 1 is 0.897 bits per heavy atom. The zero-order valence-electron chi connectivity index (χ0n) is 15.9. The Hall–Kier alpha value is -3.67. The lowest BCUT2D eigenvalue weighted by molar-refractivity contribution is -0.120. The zero-order chi connectivity index (χ0) is 20.6. The Bertz CT molecular complexity index is 958. The Morgan fingerprint density at radius 2 is 1.52 bits per heavy atom. The molecule has 2 amide bonds. The first-order valence-corrected chi connectivity index (χ1v) is 9.17. The quantitative estimate of drug-likeness (QED) is 0.632. The molecular weight excluding hydrogens is 371 g/mol. The summed E-state index contributed by atoms with van der Waals surface area (Å²) in [5.74, 6) is 0.287. The normalized spacial score (nSPS) is 11.4. The topological polar surface area (TPSA) is 67.4 Å². The van der Waals surface area contributed by atoms with E-state index in [1.54, 1.807) is 43.3 Å². The van der Waals surface area contributed by atoms with Crippen LogP contribution in [0.2, 0.25) is 0 Å². The van der Waals surface area contributed by atoms with Crippen LogP contribution in [0.15, 0.2) is 78.9 Å². The van der Waals surface area contributed by atoms with Gasteiger partial charge in [-0.2, -0.15) is 0 Å². The molecule has 2 N–H and O–H groups in total. The summed E-state index contributed by atoms with van der Waals surface area (Å²) in [6, 6.07) is 21.6. The lowest BCUT2D eigenvalue weighted by atomic mass is 10.1. The second-order valence-electron chi connectivity index (χ2n) is 6.46. The molecule has 6 heteroatoms. The first-order valence-electron chi connectivity index (χ1n) is 9.17. The van der Waals surface area contributed by atoms with Gasteiger partial charge < -0.3 is 15.4 Å². The van der Waals surface area contributed by atoms with Gasteiger partial charge in [0.25, 0.3) is 5.91 Å². The lowest BCUT2D eigenvalue weighted by Crippen LogP contribution is -2.38. The number of hydrogen-bond acceptors (Lipinski definition) is 3. The number of para-hydroxylation sites is 1. The molecule has 0 spiro atoms. The molecule has 0 radical (unpaired) electrons. The van der Waals surface area contributed by atoms with Crippen molar-refractivity contribution < 1.29 is 18.7 Å². The van der Waals surface area contributed by atoms with Crippen molar-refractivity contribution in [3.05, 3.63) is 95.8 Å². The average Bonchev–Trinajstić information content (AvgIpc) is 2.74. The summed E-state index contributed by atoms with van der Waals surface area (Å²) in [6.45, 7) is 1.63. The second-order valence-corrected chi connectivity index (χ2v) is 6.46. The standard InChI is InChI=1S/C23H21FN2O3/c1-16(17-7-11-19(24)12-8-17)26-22(27)15-25-23(28)18-9-13-21(14-10-18)29-20-5-3-2-4-6-20/h2-14,16H,15H2,1H3,(H,25,28)(H,26,27)/t16-/m0/s1. The van der Waals surface area contributed by atoms with Gasteiger partial charge in [-0.1, -0.05) is 30.3 Å². The Kier molecular flexibility index (Phi) is 6.58. The van der Waals surface area contributed by atoms with Gasteiger partial charge in [0.1, 0.15) is 17.3 Å². The first kappa shape index (κ1) is 20.1. The van der Waals surface area contributed by atoms with E-state index in [4.69, 9.17) is 4.74 Å². The van der Waals surface area contributed by atoms with Crippen LogP contribution >= 0.6 is 0 Å². The van der Waals surface area contributed by atoms with Crippen LogP contribution in [0.4, 0.5) is 4.39 Å². The van der Waals surface area contributed by atoms with Crippen molar-refractivity contribution in [2.45, 2.75) is 13.0 Å². The number of rotatable bonds is 7. The summed E-state index contributed by atoms with van der Waals surface area (Å²) in [7, 11) is 0. The summed E-state index contributed by atoms with van der Waals surface area (Å²) in [5, 5.41) is 5.34. The second kappa shape index (κ2) is 9.50. The summed E-state index contributed by atoms with van der Waals surface area (Å²) < 4.78 is 18.7. The maximum atomic E-state index is 13.0. The smallest absolute Gasteiger partial charge is 0.251 e. The van der Waals surface area contributed by atoms with Crippen LogP contribution in [0, 0.1) is 5.82 Å². The van der Waals surface area contributed by atoms with Crippen LogP contribution in [0.3, 0.4) is 0 Å². The fourth-order valence-corrected chi connectivity index (χ4v) is 2.69. The van der Waals surface area contributed by atoms with Crippen LogP contribution in [-0.2, 0) is 4.79 Å². The maximum absolute atomic E-state index is 13.0. The van der Waals surface area contributed by atoms with Gasteiger partial charge in [-0.25, -0.2) is 4.39 Å². The molecule has 0 saturated carbocycles. The number of halogens is 1. The van der Waals surface area contributed by atoms with Crippen LogP contribution in [0.1, 0.15) is 28.9 Å². The predicted octanol–water partition coefficient (Wildman–Crippen LogP) is 4.23. The minimum absolute atomic E-state index is 0.160. The van der Waals surface area contributed by atoms with Gasteiger partial charge in [-0.05, 0) is 61.0 Å². The fraction of sp³-hybridized carbons (Fsp3) is 0.130. The van der Waals surface area contributed by atoms with E-state index in [2.05, 4.69) is 10.6 Å². The van der Waals surface area contributed by atoms with Crippen molar-refractivity contribution in [3.63, 3.8) is 0 Å². The molecule has 3 aromatic rings. The lowest BCUT2D eigenvalue weighted by Gasteiger charge is -2.14. The van der Waals surface area contributed by atoms with E-state index >= 15 is 0 Å². The van der Waals surface area contributed by atoms with E-state index in [1.165, 1.54) is 12.1 Å². The third kappa shape index (κ3) is 5.90. The van der Waals surface area contributed by atoms with Crippen molar-refractivity contribution in [1.82, 2.24) is 10.6 Å². The number of benzene rings is 3. The molecule has 0 aliphatic carbocycles. The van der Waals surface area contributed by atoms with Gasteiger partial charge >= 0.3 is 0 Å². The minimum atomic E-state index is -0.360. The number of ether oxygens (including phenoxy) is 1. The van der Waals surface area contributed by atoms with Gasteiger partial charge in [-0.15, -0.1) is 0 Å². The highest BCUT2D eigenvalue weighted by atomic mass is 19.1. The molecule has 0 bridgehead atoms. The van der Waals surface area contributed by atoms with Gasteiger partial charge in [0, 0.05) is 5.56 Å². The molecule has 5 nitrogen and oxygen atoms in total. The highest BCUT2D eigenvalue weighted by Gasteiger charge is 2.12. The SMILES string of the molecule is C[C@H](NC(=O)CNC(=O)c1ccc(Oc2ccccc2)cc1)c1ccc(F)cc1. The Balaban J connectivity index is 1.48. The van der Waals surface area contributed by atoms with E-state index in [0.29, 0.717) is 17.1 Å². The summed E-state index contributed by atoms with van der Waals surface area (Å²) in [4.78, 5) is 24.3. The van der Waals surface area contributed by atoms with Crippen molar-refractivity contribution in [3.8, 4) is 11.5 Å². The third-order valence-corrected chi connectivity index (χ3v) is 4.25. The van der Waals surface area contributed by atoms with E-state index in [9.17, 15) is 14.0 Å². The highest BCUT2D eigenvalue weighted by Crippen LogP contribution is 2.21. The van der Waals surface area contributed by atoms with Gasteiger partial charge in [-0.3, -0.25) is 9.59 Å². The molecule has 0 aromatic heterocycles. The molecule has 0 aliphatic rings. The van der Waals surface area contributed by atoms with Crippen LogP contribution < -0.4 is 15.4 Å². The number of carbonyl (C=O) groups excluding carboxylic acids is 2. The Morgan fingerprint density at radius 3 is 2.17 bits per heavy atom. The van der Waals surface area contributed by atoms with E-state index in [-0.39, 0.29) is 30.2 Å². The summed E-state index contributed by atoms with van der Waals surface area (Å²) in [6.07, 6.45) is 0. The maximum Gasteiger partial charge on any atom is 0.251 e. The zero-order valence-corrected chi connectivity index (χ0v) is 15.9. The average molecular weight is 392 g/mol. The van der Waals surface area contributed by atoms with E-state index in [0.717, 1.165) is 5.56 Å². The van der Waals surface area contributed by atoms with Gasteiger partial charge in [0.15, 0.2) is 0 Å². The molecule has 0 fully saturated rings. The van der Waals surface area contributed by atoms with Crippen molar-refractivity contribution >= 4 is 11.8 Å². The first-order chi connectivity index (χ1) is 14.0. The fourth-order valence-electron chi connectivity index (χ4n) is 2.69. The van der Waals surface area contributed by atoms with Gasteiger partial charge in [0.05, 0.1) is 12.6 Å². The molecule has 148 valence electrons. The van der Waals surface area contributed by atoms with Crippen molar-refractivity contribution in [2.75, 3.05) is 6.54 Å². The number of nitrogens with one attached hydrogen (secondary N) is 2. The predicted molar refractivity (Wildman–Crippen MR) is 108 cm³/mol. The van der Waals surface area contributed by atoms with E-state index < -0.39 is 0 Å². The Labute approximate surface area is 168 Å². The molecule has 0 saturated heterocycles. The summed E-state index contributed by atoms with van der Waals surface area (Å²) >= 11 is 0. The molecule has 0 unspecified atom stereocenters. The van der Waals surface area contributed by atoms with Crippen LogP contribution in [0.5, 0.6) is 11.5 Å². The third-order valence-electron chi connectivity index (χ3n) is 4.25. The molecular formula is C23H21FN2O3. The van der Waals surface area contributed by atoms with Crippen molar-refractivity contribution in [1.29, 1.82) is 0 Å². The number of hydrogen-bond donors (Lipinski definition) is 2. The number of amides is 2. The molecule has 0 heterocycles. The molecule has 3 rings (SSSR count). The largest absolute Gasteiger partial charge is 0.457 e. The van der Waals surface area contributed by atoms with Crippen LogP contribution in [0.25, 0.3) is 0 Å². The summed E-state index contributed by atoms with van der Waals surface area (Å²) in [5.41, 5.74) is 1.20. The van der Waals surface area contributed by atoms with Crippen molar-refractivity contribution in [2.24, 2.45) is 0 Å². The van der Waals surface area contributed by atoms with Crippen LogP contribution in [-0.4, -0.2) is 18.4 Å². The van der Waals surface area contributed by atoms with Gasteiger partial charge in [0.2, 0.25) is 5.91 Å². The molecule has 1 atom stereocenters. The molecule has 3 aromatic carbocycles. The monoisotopic (exact) mass is 392 g/mol. The highest BCUT2D eigenvalue weighted by molar-refractivity contribution is 5.96. The van der Waals surface area contributed by atoms with E-state index in [1.807, 2.05) is 30.3 Å². The minimum Gasteiger partial charge on any atom is -0.457 e. The number of carbonyl (C=O) groups is 2. The molecule has 29 heavy (non-hydrogen) atoms.